The Kier molecular flexibility index (Phi) is 5.18. The molecule has 0 bridgehead atoms. The fraction of sp³-hybridized carbons (Fsp3) is 0.583. The minimum Gasteiger partial charge on any atom is -0.455 e. The van der Waals surface area contributed by atoms with Crippen molar-refractivity contribution in [3.05, 3.63) is 23.7 Å². The molecule has 0 spiro atoms. The summed E-state index contributed by atoms with van der Waals surface area (Å²) in [5.41, 5.74) is 2.05. The molecular formula is C12H21N3O2. The predicted octanol–water partition coefficient (Wildman–Crippen LogP) is 1.36. The molecular weight excluding hydrogens is 218 g/mol. The first-order valence-electron chi connectivity index (χ1n) is 5.88. The lowest BCUT2D eigenvalue weighted by Gasteiger charge is -2.21. The van der Waals surface area contributed by atoms with Gasteiger partial charge in [-0.15, -0.1) is 0 Å². The normalized spacial score (nSPS) is 11.2. The van der Waals surface area contributed by atoms with Gasteiger partial charge in [-0.1, -0.05) is 20.8 Å². The standard InChI is InChI=1S/C12H21N3O2/c1-4-15(7-9(2)3)8-10-5-6-11(17-10)12(16)14-13/h5-6,9H,4,7-8,13H2,1-3H3,(H,14,16). The molecule has 0 radical (unpaired) electrons. The molecule has 17 heavy (non-hydrogen) atoms. The molecule has 0 unspecified atom stereocenters. The Balaban J connectivity index is 2.61. The van der Waals surface area contributed by atoms with Crippen LogP contribution in [0.25, 0.3) is 0 Å². The van der Waals surface area contributed by atoms with Gasteiger partial charge in [-0.2, -0.15) is 0 Å². The SMILES string of the molecule is CCN(Cc1ccc(C(=O)NN)o1)CC(C)C. The minimum absolute atomic E-state index is 0.253. The average molecular weight is 239 g/mol. The molecule has 0 aromatic carbocycles. The number of hydrogen-bond acceptors (Lipinski definition) is 4. The second kappa shape index (κ2) is 6.42. The first kappa shape index (κ1) is 13.7. The van der Waals surface area contributed by atoms with Crippen LogP contribution < -0.4 is 11.3 Å². The van der Waals surface area contributed by atoms with E-state index in [1.165, 1.54) is 0 Å². The molecule has 0 saturated carbocycles. The molecule has 1 rings (SSSR count). The van der Waals surface area contributed by atoms with Crippen LogP contribution in [0.4, 0.5) is 0 Å². The lowest BCUT2D eigenvalue weighted by molar-refractivity contribution is 0.0921. The first-order valence-corrected chi connectivity index (χ1v) is 5.88. The topological polar surface area (TPSA) is 71.5 Å². The van der Waals surface area contributed by atoms with E-state index >= 15 is 0 Å². The Morgan fingerprint density at radius 3 is 2.76 bits per heavy atom. The number of nitrogens with two attached hydrogens (primary N) is 1. The van der Waals surface area contributed by atoms with Crippen molar-refractivity contribution < 1.29 is 9.21 Å². The van der Waals surface area contributed by atoms with Crippen LogP contribution in [0.15, 0.2) is 16.5 Å². The van der Waals surface area contributed by atoms with E-state index in [9.17, 15) is 4.79 Å². The van der Waals surface area contributed by atoms with E-state index in [0.29, 0.717) is 12.5 Å². The van der Waals surface area contributed by atoms with Crippen LogP contribution in [0.5, 0.6) is 0 Å². The molecule has 0 fully saturated rings. The molecule has 3 N–H and O–H groups in total. The smallest absolute Gasteiger partial charge is 0.300 e. The van der Waals surface area contributed by atoms with Gasteiger partial charge >= 0.3 is 5.91 Å². The number of carbonyl (C=O) groups is 1. The highest BCUT2D eigenvalue weighted by Crippen LogP contribution is 2.11. The first-order chi connectivity index (χ1) is 8.06. The largest absolute Gasteiger partial charge is 0.455 e. The third-order valence-corrected chi connectivity index (χ3v) is 2.47. The van der Waals surface area contributed by atoms with Crippen molar-refractivity contribution in [3.8, 4) is 0 Å². The van der Waals surface area contributed by atoms with E-state index in [4.69, 9.17) is 10.3 Å². The van der Waals surface area contributed by atoms with E-state index in [-0.39, 0.29) is 5.76 Å². The fourth-order valence-electron chi connectivity index (χ4n) is 1.70. The number of carbonyl (C=O) groups excluding carboxylic acids is 1. The van der Waals surface area contributed by atoms with Crippen molar-refractivity contribution in [2.24, 2.45) is 11.8 Å². The molecule has 1 heterocycles. The van der Waals surface area contributed by atoms with E-state index in [2.05, 4.69) is 25.7 Å². The third-order valence-electron chi connectivity index (χ3n) is 2.47. The number of hydrogen-bond donors (Lipinski definition) is 2. The summed E-state index contributed by atoms with van der Waals surface area (Å²) in [6.45, 7) is 9.15. The quantitative estimate of drug-likeness (QED) is 0.447. The summed E-state index contributed by atoms with van der Waals surface area (Å²) in [6.07, 6.45) is 0. The summed E-state index contributed by atoms with van der Waals surface area (Å²) in [7, 11) is 0. The van der Waals surface area contributed by atoms with Crippen LogP contribution in [-0.4, -0.2) is 23.9 Å². The molecule has 5 nitrogen and oxygen atoms in total. The Morgan fingerprint density at radius 2 is 2.24 bits per heavy atom. The highest BCUT2D eigenvalue weighted by molar-refractivity contribution is 5.90. The van der Waals surface area contributed by atoms with Crippen molar-refractivity contribution in [1.82, 2.24) is 10.3 Å². The summed E-state index contributed by atoms with van der Waals surface area (Å²) in [6, 6.07) is 3.45. The summed E-state index contributed by atoms with van der Waals surface area (Å²) in [4.78, 5) is 13.5. The zero-order chi connectivity index (χ0) is 12.8. The Hall–Kier alpha value is -1.33. The van der Waals surface area contributed by atoms with Gasteiger partial charge in [-0.25, -0.2) is 5.84 Å². The Bertz CT molecular complexity index is 360. The van der Waals surface area contributed by atoms with Gasteiger partial charge < -0.3 is 4.42 Å². The lowest BCUT2D eigenvalue weighted by atomic mass is 10.2. The van der Waals surface area contributed by atoms with Gasteiger partial charge in [0.1, 0.15) is 5.76 Å². The van der Waals surface area contributed by atoms with Crippen LogP contribution in [0.3, 0.4) is 0 Å². The number of hydrazine groups is 1. The van der Waals surface area contributed by atoms with Gasteiger partial charge in [0.25, 0.3) is 0 Å². The summed E-state index contributed by atoms with van der Waals surface area (Å²) >= 11 is 0. The number of amides is 1. The van der Waals surface area contributed by atoms with E-state index < -0.39 is 5.91 Å². The summed E-state index contributed by atoms with van der Waals surface area (Å²) in [5.74, 6) is 6.28. The molecule has 0 atom stereocenters. The van der Waals surface area contributed by atoms with E-state index in [1.807, 2.05) is 11.5 Å². The van der Waals surface area contributed by atoms with Gasteiger partial charge in [0.2, 0.25) is 0 Å². The lowest BCUT2D eigenvalue weighted by Crippen LogP contribution is -2.29. The molecule has 1 amide bonds. The molecule has 1 aromatic rings. The fourth-order valence-corrected chi connectivity index (χ4v) is 1.70. The van der Waals surface area contributed by atoms with Crippen LogP contribution in [-0.2, 0) is 6.54 Å². The van der Waals surface area contributed by atoms with Gasteiger partial charge in [0.05, 0.1) is 6.54 Å². The van der Waals surface area contributed by atoms with Crippen LogP contribution in [0, 0.1) is 5.92 Å². The Morgan fingerprint density at radius 1 is 1.53 bits per heavy atom. The third kappa shape index (κ3) is 4.20. The maximum absolute atomic E-state index is 11.2. The van der Waals surface area contributed by atoms with Crippen LogP contribution in [0.2, 0.25) is 0 Å². The highest BCUT2D eigenvalue weighted by atomic mass is 16.4. The van der Waals surface area contributed by atoms with Crippen LogP contribution in [0.1, 0.15) is 37.1 Å². The number of nitrogens with one attached hydrogen (secondary N) is 1. The zero-order valence-electron chi connectivity index (χ0n) is 10.7. The predicted molar refractivity (Wildman–Crippen MR) is 66.2 cm³/mol. The second-order valence-electron chi connectivity index (χ2n) is 4.46. The number of rotatable bonds is 6. The van der Waals surface area contributed by atoms with Gasteiger partial charge in [-0.05, 0) is 24.6 Å². The van der Waals surface area contributed by atoms with Crippen molar-refractivity contribution in [2.45, 2.75) is 27.3 Å². The monoisotopic (exact) mass is 239 g/mol. The van der Waals surface area contributed by atoms with Gasteiger partial charge in [0.15, 0.2) is 5.76 Å². The average Bonchev–Trinajstić information content (AvgIpc) is 2.75. The molecule has 0 aliphatic heterocycles. The van der Waals surface area contributed by atoms with Crippen molar-refractivity contribution >= 4 is 5.91 Å². The van der Waals surface area contributed by atoms with Crippen LogP contribution >= 0.6 is 0 Å². The highest BCUT2D eigenvalue weighted by Gasteiger charge is 2.12. The molecule has 5 heteroatoms. The minimum atomic E-state index is -0.400. The van der Waals surface area contributed by atoms with E-state index in [0.717, 1.165) is 18.8 Å². The number of furan rings is 1. The molecule has 0 saturated heterocycles. The summed E-state index contributed by atoms with van der Waals surface area (Å²) in [5, 5.41) is 0. The Labute approximate surface area is 102 Å². The molecule has 0 aliphatic carbocycles. The number of nitrogens with zero attached hydrogens (tertiary/aromatic N) is 1. The zero-order valence-corrected chi connectivity index (χ0v) is 10.7. The molecule has 1 aromatic heterocycles. The van der Waals surface area contributed by atoms with Crippen molar-refractivity contribution in [1.29, 1.82) is 0 Å². The molecule has 96 valence electrons. The summed E-state index contributed by atoms with van der Waals surface area (Å²) < 4.78 is 5.42. The number of nitrogen functional groups attached to an aromatic ring is 1. The van der Waals surface area contributed by atoms with Gasteiger partial charge in [-0.3, -0.25) is 15.1 Å². The maximum atomic E-state index is 11.2. The maximum Gasteiger partial charge on any atom is 0.300 e. The van der Waals surface area contributed by atoms with Crippen molar-refractivity contribution in [3.63, 3.8) is 0 Å². The molecule has 0 aliphatic rings. The second-order valence-corrected chi connectivity index (χ2v) is 4.46. The van der Waals surface area contributed by atoms with E-state index in [1.54, 1.807) is 6.07 Å². The van der Waals surface area contributed by atoms with Gasteiger partial charge in [0, 0.05) is 6.54 Å². The van der Waals surface area contributed by atoms with Crippen molar-refractivity contribution in [2.75, 3.05) is 13.1 Å².